The Morgan fingerprint density at radius 2 is 1.60 bits per heavy atom. The highest BCUT2D eigenvalue weighted by molar-refractivity contribution is 4.73. The summed E-state index contributed by atoms with van der Waals surface area (Å²) in [6.07, 6.45) is 13.0. The summed E-state index contributed by atoms with van der Waals surface area (Å²) >= 11 is 0. The molecule has 0 N–H and O–H groups in total. The van der Waals surface area contributed by atoms with Gasteiger partial charge in [0.05, 0.1) is 0 Å². The third-order valence-electron chi connectivity index (χ3n) is 3.49. The SMILES string of the molecule is C=CCCC(CCCC)C(C)CCCC. The first-order valence-corrected chi connectivity index (χ1v) is 6.87. The molecular formula is C15H30. The molecule has 2 unspecified atom stereocenters. The normalized spacial score (nSPS) is 14.9. The van der Waals surface area contributed by atoms with E-state index in [4.69, 9.17) is 0 Å². The summed E-state index contributed by atoms with van der Waals surface area (Å²) < 4.78 is 0. The van der Waals surface area contributed by atoms with Crippen molar-refractivity contribution in [2.24, 2.45) is 11.8 Å². The summed E-state index contributed by atoms with van der Waals surface area (Å²) in [6.45, 7) is 10.9. The molecule has 0 rings (SSSR count). The van der Waals surface area contributed by atoms with Gasteiger partial charge < -0.3 is 0 Å². The van der Waals surface area contributed by atoms with Gasteiger partial charge in [0, 0.05) is 0 Å². The van der Waals surface area contributed by atoms with E-state index in [0.717, 1.165) is 11.8 Å². The van der Waals surface area contributed by atoms with Crippen LogP contribution in [0.2, 0.25) is 0 Å². The molecule has 0 nitrogen and oxygen atoms in total. The van der Waals surface area contributed by atoms with E-state index in [0.29, 0.717) is 0 Å². The van der Waals surface area contributed by atoms with E-state index in [1.807, 2.05) is 0 Å². The Kier molecular flexibility index (Phi) is 10.1. The van der Waals surface area contributed by atoms with Gasteiger partial charge in [-0.2, -0.15) is 0 Å². The van der Waals surface area contributed by atoms with Crippen LogP contribution in [-0.4, -0.2) is 0 Å². The molecule has 0 aliphatic carbocycles. The quantitative estimate of drug-likeness (QED) is 0.413. The Bertz CT molecular complexity index is 137. The fraction of sp³-hybridized carbons (Fsp3) is 0.867. The molecule has 0 heteroatoms. The van der Waals surface area contributed by atoms with Crippen molar-refractivity contribution in [2.45, 2.75) is 72.1 Å². The average Bonchev–Trinajstić information content (AvgIpc) is 2.26. The van der Waals surface area contributed by atoms with Crippen molar-refractivity contribution in [3.8, 4) is 0 Å². The standard InChI is InChI=1S/C15H30/c1-5-8-11-14(4)15(12-9-6-2)13-10-7-3/h6,14-15H,2,5,7-13H2,1,3-4H3. The van der Waals surface area contributed by atoms with Crippen LogP contribution in [-0.2, 0) is 0 Å². The van der Waals surface area contributed by atoms with E-state index in [9.17, 15) is 0 Å². The maximum atomic E-state index is 3.83. The van der Waals surface area contributed by atoms with Gasteiger partial charge in [0.25, 0.3) is 0 Å². The van der Waals surface area contributed by atoms with Crippen molar-refractivity contribution in [1.29, 1.82) is 0 Å². The average molecular weight is 210 g/mol. The molecule has 0 radical (unpaired) electrons. The van der Waals surface area contributed by atoms with Crippen molar-refractivity contribution in [1.82, 2.24) is 0 Å². The lowest BCUT2D eigenvalue weighted by molar-refractivity contribution is 0.288. The van der Waals surface area contributed by atoms with Crippen LogP contribution in [0.4, 0.5) is 0 Å². The summed E-state index contributed by atoms with van der Waals surface area (Å²) in [5.41, 5.74) is 0. The van der Waals surface area contributed by atoms with Crippen molar-refractivity contribution in [2.75, 3.05) is 0 Å². The maximum absolute atomic E-state index is 3.83. The van der Waals surface area contributed by atoms with E-state index >= 15 is 0 Å². The number of hydrogen-bond acceptors (Lipinski definition) is 0. The Morgan fingerprint density at radius 1 is 1.00 bits per heavy atom. The summed E-state index contributed by atoms with van der Waals surface area (Å²) in [6, 6.07) is 0. The second-order valence-corrected chi connectivity index (χ2v) is 4.89. The highest BCUT2D eigenvalue weighted by atomic mass is 14.2. The van der Waals surface area contributed by atoms with Gasteiger partial charge in [-0.15, -0.1) is 6.58 Å². The Hall–Kier alpha value is -0.260. The molecule has 0 saturated heterocycles. The molecule has 0 aliphatic rings. The molecule has 0 spiro atoms. The number of allylic oxidation sites excluding steroid dienone is 1. The van der Waals surface area contributed by atoms with Crippen LogP contribution in [0.15, 0.2) is 12.7 Å². The van der Waals surface area contributed by atoms with Gasteiger partial charge in [-0.25, -0.2) is 0 Å². The first-order chi connectivity index (χ1) is 7.26. The first-order valence-electron chi connectivity index (χ1n) is 6.87. The molecule has 0 aromatic rings. The monoisotopic (exact) mass is 210 g/mol. The largest absolute Gasteiger partial charge is 0.103 e. The molecule has 0 fully saturated rings. The van der Waals surface area contributed by atoms with Crippen LogP contribution in [0, 0.1) is 11.8 Å². The lowest BCUT2D eigenvalue weighted by Crippen LogP contribution is -2.11. The molecule has 0 aromatic heterocycles. The molecule has 15 heavy (non-hydrogen) atoms. The Labute approximate surface area is 97.2 Å². The van der Waals surface area contributed by atoms with Gasteiger partial charge >= 0.3 is 0 Å². The van der Waals surface area contributed by atoms with Crippen LogP contribution in [0.1, 0.15) is 72.1 Å². The van der Waals surface area contributed by atoms with E-state index in [2.05, 4.69) is 33.4 Å². The summed E-state index contributed by atoms with van der Waals surface area (Å²) in [4.78, 5) is 0. The van der Waals surface area contributed by atoms with E-state index in [1.165, 1.54) is 51.4 Å². The second-order valence-electron chi connectivity index (χ2n) is 4.89. The molecule has 2 atom stereocenters. The topological polar surface area (TPSA) is 0 Å². The third kappa shape index (κ3) is 7.64. The molecule has 0 bridgehead atoms. The van der Waals surface area contributed by atoms with Gasteiger partial charge in [0.15, 0.2) is 0 Å². The lowest BCUT2D eigenvalue weighted by atomic mass is 9.83. The van der Waals surface area contributed by atoms with Gasteiger partial charge in [-0.1, -0.05) is 65.4 Å². The predicted octanol–water partition coefficient (Wildman–Crippen LogP) is 5.59. The summed E-state index contributed by atoms with van der Waals surface area (Å²) in [5.74, 6) is 1.85. The van der Waals surface area contributed by atoms with E-state index in [-0.39, 0.29) is 0 Å². The van der Waals surface area contributed by atoms with Crippen LogP contribution in [0.3, 0.4) is 0 Å². The Balaban J connectivity index is 3.89. The van der Waals surface area contributed by atoms with Crippen LogP contribution in [0.5, 0.6) is 0 Å². The molecule has 0 aromatic carbocycles. The van der Waals surface area contributed by atoms with Gasteiger partial charge in [-0.3, -0.25) is 0 Å². The minimum Gasteiger partial charge on any atom is -0.103 e. The highest BCUT2D eigenvalue weighted by Gasteiger charge is 2.15. The summed E-state index contributed by atoms with van der Waals surface area (Å²) in [5, 5.41) is 0. The molecule has 0 heterocycles. The van der Waals surface area contributed by atoms with Gasteiger partial charge in [0.1, 0.15) is 0 Å². The lowest BCUT2D eigenvalue weighted by Gasteiger charge is -2.23. The molecule has 0 amide bonds. The van der Waals surface area contributed by atoms with Crippen LogP contribution < -0.4 is 0 Å². The van der Waals surface area contributed by atoms with Crippen LogP contribution >= 0.6 is 0 Å². The minimum absolute atomic E-state index is 0.913. The third-order valence-corrected chi connectivity index (χ3v) is 3.49. The highest BCUT2D eigenvalue weighted by Crippen LogP contribution is 2.27. The second kappa shape index (κ2) is 10.3. The molecular weight excluding hydrogens is 180 g/mol. The van der Waals surface area contributed by atoms with Crippen molar-refractivity contribution < 1.29 is 0 Å². The van der Waals surface area contributed by atoms with Crippen molar-refractivity contribution in [3.63, 3.8) is 0 Å². The number of rotatable bonds is 10. The smallest absolute Gasteiger partial charge is 0.0351 e. The maximum Gasteiger partial charge on any atom is -0.0351 e. The molecule has 0 saturated carbocycles. The fourth-order valence-corrected chi connectivity index (χ4v) is 2.27. The minimum atomic E-state index is 0.913. The van der Waals surface area contributed by atoms with Gasteiger partial charge in [0.2, 0.25) is 0 Å². The fourth-order valence-electron chi connectivity index (χ4n) is 2.27. The zero-order valence-corrected chi connectivity index (χ0v) is 11.1. The van der Waals surface area contributed by atoms with Crippen LogP contribution in [0.25, 0.3) is 0 Å². The molecule has 0 aliphatic heterocycles. The van der Waals surface area contributed by atoms with Crippen molar-refractivity contribution >= 4 is 0 Å². The number of unbranched alkanes of at least 4 members (excludes halogenated alkanes) is 2. The van der Waals surface area contributed by atoms with Crippen molar-refractivity contribution in [3.05, 3.63) is 12.7 Å². The zero-order valence-electron chi connectivity index (χ0n) is 11.1. The molecule has 90 valence electrons. The van der Waals surface area contributed by atoms with E-state index < -0.39 is 0 Å². The first kappa shape index (κ1) is 14.7. The van der Waals surface area contributed by atoms with Gasteiger partial charge in [-0.05, 0) is 24.7 Å². The Morgan fingerprint density at radius 3 is 2.13 bits per heavy atom. The number of hydrogen-bond donors (Lipinski definition) is 0. The predicted molar refractivity (Wildman–Crippen MR) is 71.1 cm³/mol. The summed E-state index contributed by atoms with van der Waals surface area (Å²) in [7, 11) is 0. The zero-order chi connectivity index (χ0) is 11.5. The van der Waals surface area contributed by atoms with E-state index in [1.54, 1.807) is 0 Å².